The molecular formula is C11H12BrNO. The summed E-state index contributed by atoms with van der Waals surface area (Å²) in [6.07, 6.45) is 1.61. The molecule has 3 heteroatoms. The number of nitrogens with zero attached hydrogens (tertiary/aromatic N) is 1. The minimum Gasteiger partial charge on any atom is -0.399 e. The number of hydrogen-bond donors (Lipinski definition) is 0. The van der Waals surface area contributed by atoms with E-state index in [0.29, 0.717) is 0 Å². The second-order valence-corrected chi connectivity index (χ2v) is 3.78. The Morgan fingerprint density at radius 3 is 2.93 bits per heavy atom. The molecule has 0 aliphatic rings. The van der Waals surface area contributed by atoms with Crippen LogP contribution in [0.25, 0.3) is 11.1 Å². The highest BCUT2D eigenvalue weighted by atomic mass is 79.9. The zero-order valence-corrected chi connectivity index (χ0v) is 9.84. The summed E-state index contributed by atoms with van der Waals surface area (Å²) in [6, 6.07) is 6.06. The fourth-order valence-electron chi connectivity index (χ4n) is 1.08. The standard InChI is InChI=1S/C11H12BrNO/c1-8-4-5-9(2)10(6-8)11(12)7-13-14-3/h4-7H,2H2,1,3H3/b11-10+,13-7+. The average Bonchev–Trinajstić information content (AvgIpc) is 2.18. The van der Waals surface area contributed by atoms with Crippen LogP contribution in [0, 0.1) is 6.92 Å². The van der Waals surface area contributed by atoms with E-state index in [4.69, 9.17) is 0 Å². The first-order chi connectivity index (χ1) is 6.65. The topological polar surface area (TPSA) is 21.6 Å². The molecule has 0 aliphatic carbocycles. The number of benzene rings is 1. The lowest BCUT2D eigenvalue weighted by Crippen LogP contribution is -2.24. The summed E-state index contributed by atoms with van der Waals surface area (Å²) in [4.78, 5) is 4.60. The van der Waals surface area contributed by atoms with Gasteiger partial charge in [0, 0.05) is 4.48 Å². The number of halogens is 1. The SMILES string of the molecule is C=c1ccc(C)c/c1=C(Br)/C=N/OC. The van der Waals surface area contributed by atoms with Crippen LogP contribution >= 0.6 is 15.9 Å². The first-order valence-electron chi connectivity index (χ1n) is 4.17. The lowest BCUT2D eigenvalue weighted by Gasteiger charge is -1.94. The fourth-order valence-corrected chi connectivity index (χ4v) is 1.53. The molecule has 0 aromatic heterocycles. The first kappa shape index (κ1) is 11.0. The second kappa shape index (κ2) is 4.96. The van der Waals surface area contributed by atoms with Gasteiger partial charge in [0.1, 0.15) is 7.11 Å². The van der Waals surface area contributed by atoms with Crippen molar-refractivity contribution in [2.75, 3.05) is 7.11 Å². The van der Waals surface area contributed by atoms with E-state index in [2.05, 4.69) is 32.5 Å². The molecule has 0 bridgehead atoms. The summed E-state index contributed by atoms with van der Waals surface area (Å²) in [5.74, 6) is 0. The van der Waals surface area contributed by atoms with Gasteiger partial charge in [0.05, 0.1) is 6.21 Å². The van der Waals surface area contributed by atoms with E-state index in [9.17, 15) is 0 Å². The van der Waals surface area contributed by atoms with Gasteiger partial charge in [-0.1, -0.05) is 35.5 Å². The quantitative estimate of drug-likeness (QED) is 0.579. The molecule has 1 aromatic carbocycles. The predicted molar refractivity (Wildman–Crippen MR) is 63.8 cm³/mol. The Bertz CT molecular complexity index is 451. The van der Waals surface area contributed by atoms with E-state index < -0.39 is 0 Å². The third-order valence-corrected chi connectivity index (χ3v) is 2.43. The van der Waals surface area contributed by atoms with Crippen molar-refractivity contribution in [2.24, 2.45) is 5.16 Å². The molecule has 0 amide bonds. The molecule has 2 nitrogen and oxygen atoms in total. The lowest BCUT2D eigenvalue weighted by atomic mass is 10.2. The van der Waals surface area contributed by atoms with Crippen LogP contribution in [0.15, 0.2) is 23.4 Å². The molecular weight excluding hydrogens is 242 g/mol. The van der Waals surface area contributed by atoms with Gasteiger partial charge in [0.2, 0.25) is 0 Å². The summed E-state index contributed by atoms with van der Waals surface area (Å²) < 4.78 is 0.869. The van der Waals surface area contributed by atoms with Crippen molar-refractivity contribution in [1.29, 1.82) is 0 Å². The van der Waals surface area contributed by atoms with Crippen molar-refractivity contribution in [3.63, 3.8) is 0 Å². The van der Waals surface area contributed by atoms with Crippen molar-refractivity contribution in [2.45, 2.75) is 6.92 Å². The van der Waals surface area contributed by atoms with E-state index >= 15 is 0 Å². The monoisotopic (exact) mass is 253 g/mol. The number of aryl methyl sites for hydroxylation is 1. The number of hydrogen-bond acceptors (Lipinski definition) is 2. The molecule has 0 N–H and O–H groups in total. The van der Waals surface area contributed by atoms with Crippen LogP contribution in [-0.4, -0.2) is 13.3 Å². The van der Waals surface area contributed by atoms with Crippen molar-refractivity contribution < 1.29 is 4.84 Å². The van der Waals surface area contributed by atoms with Crippen LogP contribution < -0.4 is 10.4 Å². The van der Waals surface area contributed by atoms with E-state index in [1.54, 1.807) is 6.21 Å². The van der Waals surface area contributed by atoms with Crippen molar-refractivity contribution in [3.8, 4) is 0 Å². The molecule has 0 spiro atoms. The van der Waals surface area contributed by atoms with Gasteiger partial charge >= 0.3 is 0 Å². The molecule has 0 radical (unpaired) electrons. The predicted octanol–water partition coefficient (Wildman–Crippen LogP) is 1.54. The first-order valence-corrected chi connectivity index (χ1v) is 4.96. The zero-order chi connectivity index (χ0) is 10.6. The van der Waals surface area contributed by atoms with E-state index in [0.717, 1.165) is 14.9 Å². The fraction of sp³-hybridized carbons (Fsp3) is 0.182. The van der Waals surface area contributed by atoms with Crippen molar-refractivity contribution >= 4 is 33.2 Å². The summed E-state index contributed by atoms with van der Waals surface area (Å²) in [5.41, 5.74) is 1.19. The Hall–Kier alpha value is -1.09. The highest BCUT2D eigenvalue weighted by Crippen LogP contribution is 1.99. The van der Waals surface area contributed by atoms with Crippen molar-refractivity contribution in [1.82, 2.24) is 0 Å². The largest absolute Gasteiger partial charge is 0.399 e. The van der Waals surface area contributed by atoms with Crippen LogP contribution in [0.5, 0.6) is 0 Å². The Morgan fingerprint density at radius 2 is 2.29 bits per heavy atom. The second-order valence-electron chi connectivity index (χ2n) is 2.93. The van der Waals surface area contributed by atoms with Gasteiger partial charge in [0.25, 0.3) is 0 Å². The molecule has 74 valence electrons. The van der Waals surface area contributed by atoms with Gasteiger partial charge in [-0.15, -0.1) is 0 Å². The Labute approximate surface area is 91.7 Å². The minimum absolute atomic E-state index is 0.869. The molecule has 0 heterocycles. The molecule has 0 aliphatic heterocycles. The van der Waals surface area contributed by atoms with Crippen LogP contribution in [-0.2, 0) is 4.84 Å². The number of oxime groups is 1. The van der Waals surface area contributed by atoms with Gasteiger partial charge in [-0.25, -0.2) is 0 Å². The summed E-state index contributed by atoms with van der Waals surface area (Å²) >= 11 is 3.42. The van der Waals surface area contributed by atoms with Crippen molar-refractivity contribution in [3.05, 3.63) is 34.2 Å². The van der Waals surface area contributed by atoms with E-state index in [-0.39, 0.29) is 0 Å². The minimum atomic E-state index is 0.869. The molecule has 0 atom stereocenters. The average molecular weight is 254 g/mol. The maximum absolute atomic E-state index is 4.60. The normalized spacial score (nSPS) is 13.1. The van der Waals surface area contributed by atoms with Gasteiger partial charge in [0.15, 0.2) is 0 Å². The molecule has 0 unspecified atom stereocenters. The van der Waals surface area contributed by atoms with Crippen LogP contribution in [0.3, 0.4) is 0 Å². The summed E-state index contributed by atoms with van der Waals surface area (Å²) in [6.45, 7) is 5.98. The molecule has 0 saturated heterocycles. The highest BCUT2D eigenvalue weighted by Gasteiger charge is 1.92. The van der Waals surface area contributed by atoms with Gasteiger partial charge in [-0.05, 0) is 33.3 Å². The molecule has 1 aromatic rings. The van der Waals surface area contributed by atoms with Gasteiger partial charge in [-0.2, -0.15) is 0 Å². The third-order valence-electron chi connectivity index (χ3n) is 1.79. The van der Waals surface area contributed by atoms with Crippen LogP contribution in [0.1, 0.15) is 5.56 Å². The molecule has 14 heavy (non-hydrogen) atoms. The number of rotatable bonds is 2. The molecule has 1 rings (SSSR count). The van der Waals surface area contributed by atoms with Crippen LogP contribution in [0.4, 0.5) is 0 Å². The summed E-state index contributed by atoms with van der Waals surface area (Å²) in [7, 11) is 1.51. The van der Waals surface area contributed by atoms with Gasteiger partial charge < -0.3 is 4.84 Å². The lowest BCUT2D eigenvalue weighted by molar-refractivity contribution is 0.216. The Balaban J connectivity index is 3.35. The summed E-state index contributed by atoms with van der Waals surface area (Å²) in [5, 5.41) is 5.68. The molecule has 0 fully saturated rings. The maximum atomic E-state index is 4.60. The molecule has 0 saturated carbocycles. The van der Waals surface area contributed by atoms with E-state index in [1.165, 1.54) is 12.7 Å². The van der Waals surface area contributed by atoms with E-state index in [1.807, 2.05) is 25.1 Å². The van der Waals surface area contributed by atoms with Gasteiger partial charge in [-0.3, -0.25) is 0 Å². The Kier molecular flexibility index (Phi) is 3.89. The third kappa shape index (κ3) is 2.70. The van der Waals surface area contributed by atoms with Crippen LogP contribution in [0.2, 0.25) is 0 Å². The zero-order valence-electron chi connectivity index (χ0n) is 8.25. The Morgan fingerprint density at radius 1 is 1.57 bits per heavy atom. The highest BCUT2D eigenvalue weighted by molar-refractivity contribution is 9.15. The smallest absolute Gasteiger partial charge is 0.106 e. The maximum Gasteiger partial charge on any atom is 0.106 e.